The van der Waals surface area contributed by atoms with Crippen molar-refractivity contribution in [3.05, 3.63) is 35.9 Å². The number of amides is 4. The maximum atomic E-state index is 13.8. The second-order valence-corrected chi connectivity index (χ2v) is 20.4. The van der Waals surface area contributed by atoms with Gasteiger partial charge in [-0.1, -0.05) is 30.3 Å². The number of benzene rings is 1. The molecule has 0 aromatic heterocycles. The van der Waals surface area contributed by atoms with Gasteiger partial charge in [0.1, 0.15) is 12.1 Å². The predicted octanol–water partition coefficient (Wildman–Crippen LogP) is 0.243. The zero-order valence-corrected chi connectivity index (χ0v) is 48.9. The summed E-state index contributed by atoms with van der Waals surface area (Å²) < 4.78 is 40.3. The zero-order chi connectivity index (χ0) is 57.6. The smallest absolute Gasteiger partial charge is 0.306 e. The highest BCUT2D eigenvalue weighted by Gasteiger charge is 2.34. The van der Waals surface area contributed by atoms with Gasteiger partial charge in [-0.25, -0.2) is 0 Å². The van der Waals surface area contributed by atoms with Crippen molar-refractivity contribution < 1.29 is 57.1 Å². The fourth-order valence-electron chi connectivity index (χ4n) is 8.68. The van der Waals surface area contributed by atoms with E-state index in [4.69, 9.17) is 48.1 Å². The van der Waals surface area contributed by atoms with Crippen molar-refractivity contribution in [2.75, 3.05) is 200 Å². The highest BCUT2D eigenvalue weighted by atomic mass is 16.5. The lowest BCUT2D eigenvalue weighted by Gasteiger charge is -2.34. The number of guanidine groups is 3. The molecule has 0 radical (unpaired) electrons. The fraction of sp³-hybridized carbons (Fsp3) is 0.745. The monoisotopic (exact) mass is 1130 g/mol. The highest BCUT2D eigenvalue weighted by molar-refractivity contribution is 5.81. The first-order valence-corrected chi connectivity index (χ1v) is 28.4. The lowest BCUT2D eigenvalue weighted by atomic mass is 10.0. The van der Waals surface area contributed by atoms with Gasteiger partial charge in [-0.15, -0.1) is 0 Å². The molecule has 3 aliphatic rings. The Bertz CT molecular complexity index is 1870. The lowest BCUT2D eigenvalue weighted by Crippen LogP contribution is -2.58. The maximum Gasteiger partial charge on any atom is 0.306 e. The molecule has 0 spiro atoms. The molecule has 0 atom stereocenters. The van der Waals surface area contributed by atoms with Crippen LogP contribution < -0.4 is 21.3 Å². The van der Waals surface area contributed by atoms with Crippen LogP contribution in [0.2, 0.25) is 0 Å². The molecule has 3 heterocycles. The largest absolute Gasteiger partial charge is 0.461 e. The molecule has 0 unspecified atom stereocenters. The van der Waals surface area contributed by atoms with E-state index in [1.54, 1.807) is 0 Å². The Morgan fingerprint density at radius 3 is 1.21 bits per heavy atom. The highest BCUT2D eigenvalue weighted by Crippen LogP contribution is 2.13. The van der Waals surface area contributed by atoms with Crippen LogP contribution in [0.5, 0.6) is 0 Å². The summed E-state index contributed by atoms with van der Waals surface area (Å²) >= 11 is 0. The normalized spacial score (nSPS) is 16.1. The molecule has 25 nitrogen and oxygen atoms in total. The molecule has 3 aliphatic heterocycles. The van der Waals surface area contributed by atoms with Gasteiger partial charge in [0, 0.05) is 153 Å². The van der Waals surface area contributed by atoms with Gasteiger partial charge in [0.2, 0.25) is 23.6 Å². The second-order valence-electron chi connectivity index (χ2n) is 20.4. The Morgan fingerprint density at radius 1 is 0.500 bits per heavy atom. The predicted molar refractivity (Wildman–Crippen MR) is 305 cm³/mol. The standard InChI is InChI=1S/C55H95N13O12/c1-63(2)52(66-27-36-74-37-28-66)59-24-11-21-56-47(69)18-33-77-43-55(62-50(72)16-10-17-51(73)80-42-46-14-8-7-9-15-46,44-78-34-19-48(70)57-22-12-25-60-53(64(3)4)67-29-38-75-39-30-67)45-79-35-20-49(71)58-23-13-26-61-54(65(5)6)68-31-40-76-41-32-68/h7-9,14-15H,10-13,16-45H2,1-6H3,(H,56,69)(H,57,70)(H,58,71)(H,62,72). The van der Waals surface area contributed by atoms with E-state index in [1.807, 2.05) is 87.3 Å². The number of nitrogens with zero attached hydrogens (tertiary/aromatic N) is 9. The topological polar surface area (TPSA) is 255 Å². The van der Waals surface area contributed by atoms with Gasteiger partial charge in [-0.3, -0.25) is 38.9 Å². The summed E-state index contributed by atoms with van der Waals surface area (Å²) in [6.45, 7) is 11.2. The Hall–Kier alpha value is -5.86. The minimum absolute atomic E-state index is 0.0144. The van der Waals surface area contributed by atoms with Crippen molar-refractivity contribution >= 4 is 47.5 Å². The van der Waals surface area contributed by atoms with Crippen LogP contribution in [0.4, 0.5) is 0 Å². The van der Waals surface area contributed by atoms with Crippen molar-refractivity contribution in [2.45, 2.75) is 69.9 Å². The molecule has 80 heavy (non-hydrogen) atoms. The number of hydrogen-bond donors (Lipinski definition) is 4. The molecule has 0 bridgehead atoms. The third-order valence-electron chi connectivity index (χ3n) is 12.8. The first kappa shape index (κ1) is 66.7. The van der Waals surface area contributed by atoms with Gasteiger partial charge < -0.3 is 83.8 Å². The number of carbonyl (C=O) groups excluding carboxylic acids is 5. The van der Waals surface area contributed by atoms with Gasteiger partial charge in [-0.2, -0.15) is 0 Å². The average Bonchev–Trinajstić information content (AvgIpc) is 3.45. The van der Waals surface area contributed by atoms with E-state index in [9.17, 15) is 24.0 Å². The van der Waals surface area contributed by atoms with Crippen LogP contribution in [0.25, 0.3) is 0 Å². The summed E-state index contributed by atoms with van der Waals surface area (Å²) in [6.07, 6.45) is 2.25. The van der Waals surface area contributed by atoms with Crippen LogP contribution in [0.1, 0.15) is 63.4 Å². The van der Waals surface area contributed by atoms with Crippen LogP contribution in [0.15, 0.2) is 45.3 Å². The van der Waals surface area contributed by atoms with Crippen molar-refractivity contribution in [1.82, 2.24) is 50.7 Å². The first-order valence-electron chi connectivity index (χ1n) is 28.4. The van der Waals surface area contributed by atoms with Crippen molar-refractivity contribution in [2.24, 2.45) is 15.0 Å². The van der Waals surface area contributed by atoms with E-state index in [1.165, 1.54) is 0 Å². The summed E-state index contributed by atoms with van der Waals surface area (Å²) in [4.78, 5) is 92.3. The SMILES string of the molecule is CN(C)C(=NCCCNC(=O)CCOCC(COCCC(=O)NCCCN=C(N(C)C)N1CCOCC1)(COCCC(=O)NCCCN=C(N(C)C)N1CCOCC1)NC(=O)CCCC(=O)OCc1ccccc1)N1CCOCC1. The van der Waals surface area contributed by atoms with Gasteiger partial charge in [-0.05, 0) is 31.2 Å². The molecule has 25 heteroatoms. The second kappa shape index (κ2) is 39.5. The number of morpholine rings is 3. The Balaban J connectivity index is 1.35. The molecule has 1 aromatic rings. The van der Waals surface area contributed by atoms with Crippen molar-refractivity contribution in [3.8, 4) is 0 Å². The number of aliphatic imine (C=N–C) groups is 3. The molecule has 0 saturated carbocycles. The van der Waals surface area contributed by atoms with Crippen LogP contribution >= 0.6 is 0 Å². The van der Waals surface area contributed by atoms with Gasteiger partial charge in [0.05, 0.1) is 79.3 Å². The molecular weight excluding hydrogens is 1030 g/mol. The molecule has 4 amide bonds. The van der Waals surface area contributed by atoms with E-state index < -0.39 is 17.4 Å². The molecule has 4 rings (SSSR count). The van der Waals surface area contributed by atoms with Crippen LogP contribution in [0, 0.1) is 0 Å². The summed E-state index contributed by atoms with van der Waals surface area (Å²) in [5.41, 5.74) is -0.464. The zero-order valence-electron chi connectivity index (χ0n) is 48.9. The van der Waals surface area contributed by atoms with E-state index in [2.05, 4.69) is 36.0 Å². The molecular formula is C55H95N13O12. The lowest BCUT2D eigenvalue weighted by molar-refractivity contribution is -0.145. The van der Waals surface area contributed by atoms with E-state index in [0.717, 1.165) is 62.7 Å². The Labute approximate surface area is 474 Å². The number of esters is 1. The molecule has 1 aromatic carbocycles. The molecule has 3 fully saturated rings. The maximum absolute atomic E-state index is 13.8. The number of ether oxygens (including phenoxy) is 7. The Morgan fingerprint density at radius 2 is 0.863 bits per heavy atom. The van der Waals surface area contributed by atoms with E-state index >= 15 is 0 Å². The van der Waals surface area contributed by atoms with E-state index in [-0.39, 0.29) is 102 Å². The fourth-order valence-corrected chi connectivity index (χ4v) is 8.68. The number of carbonyl (C=O) groups is 5. The summed E-state index contributed by atoms with van der Waals surface area (Å²) in [6, 6.07) is 9.33. The van der Waals surface area contributed by atoms with Crippen LogP contribution in [-0.4, -0.2) is 283 Å². The van der Waals surface area contributed by atoms with Crippen LogP contribution in [0.3, 0.4) is 0 Å². The van der Waals surface area contributed by atoms with Crippen molar-refractivity contribution in [3.63, 3.8) is 0 Å². The first-order chi connectivity index (χ1) is 38.7. The minimum atomic E-state index is -1.32. The number of nitrogens with one attached hydrogen (secondary N) is 4. The van der Waals surface area contributed by atoms with Gasteiger partial charge in [0.25, 0.3) is 0 Å². The summed E-state index contributed by atoms with van der Waals surface area (Å²) in [7, 11) is 11.8. The molecule has 0 aliphatic carbocycles. The Kier molecular flexibility index (Phi) is 32.9. The molecule has 3 saturated heterocycles. The summed E-state index contributed by atoms with van der Waals surface area (Å²) in [5, 5.41) is 11.9. The molecule has 4 N–H and O–H groups in total. The van der Waals surface area contributed by atoms with Crippen LogP contribution in [-0.2, 0) is 63.7 Å². The molecule has 452 valence electrons. The quantitative estimate of drug-likeness (QED) is 0.0312. The van der Waals surface area contributed by atoms with Gasteiger partial charge in [0.15, 0.2) is 17.9 Å². The third-order valence-corrected chi connectivity index (χ3v) is 12.8. The van der Waals surface area contributed by atoms with E-state index in [0.29, 0.717) is 98.2 Å². The number of rotatable bonds is 34. The number of hydrogen-bond acceptors (Lipinski definition) is 15. The summed E-state index contributed by atoms with van der Waals surface area (Å²) in [5.74, 6) is 1.19. The third kappa shape index (κ3) is 28.0. The minimum Gasteiger partial charge on any atom is -0.461 e. The average molecular weight is 1130 g/mol. The van der Waals surface area contributed by atoms with Crippen molar-refractivity contribution in [1.29, 1.82) is 0 Å². The van der Waals surface area contributed by atoms with Gasteiger partial charge >= 0.3 is 5.97 Å².